The molecule has 3 heterocycles. The van der Waals surface area contributed by atoms with Crippen LogP contribution in [0.4, 0.5) is 0 Å². The molecule has 1 aliphatic heterocycles. The summed E-state index contributed by atoms with van der Waals surface area (Å²) in [7, 11) is 1.61. The van der Waals surface area contributed by atoms with Crippen LogP contribution in [-0.4, -0.2) is 44.8 Å². The summed E-state index contributed by atoms with van der Waals surface area (Å²) in [6.45, 7) is 1.73. The third-order valence-corrected chi connectivity index (χ3v) is 4.82. The summed E-state index contributed by atoms with van der Waals surface area (Å²) >= 11 is 0. The highest BCUT2D eigenvalue weighted by Gasteiger charge is 2.28. The molecule has 4 rings (SSSR count). The fourth-order valence-electron chi connectivity index (χ4n) is 3.30. The second-order valence-electron chi connectivity index (χ2n) is 6.78. The van der Waals surface area contributed by atoms with Gasteiger partial charge in [-0.15, -0.1) is 0 Å². The number of hydrogen-bond acceptors (Lipinski definition) is 5. The summed E-state index contributed by atoms with van der Waals surface area (Å²) in [6.07, 6.45) is 5.98. The topological polar surface area (TPSA) is 103 Å². The molecule has 1 aliphatic rings. The Morgan fingerprint density at radius 3 is 2.90 bits per heavy atom. The molecular formula is C20H22N6O3. The summed E-state index contributed by atoms with van der Waals surface area (Å²) in [6, 6.07) is 9.20. The Balaban J connectivity index is 1.38. The van der Waals surface area contributed by atoms with Gasteiger partial charge < -0.3 is 19.9 Å². The Labute approximate surface area is 167 Å². The van der Waals surface area contributed by atoms with E-state index in [-0.39, 0.29) is 29.4 Å². The maximum atomic E-state index is 12.5. The van der Waals surface area contributed by atoms with Crippen LogP contribution in [0.25, 0.3) is 0 Å². The highest BCUT2D eigenvalue weighted by molar-refractivity contribution is 5.96. The molecule has 0 fully saturated rings. The molecule has 3 aromatic rings. The zero-order valence-corrected chi connectivity index (χ0v) is 16.0. The van der Waals surface area contributed by atoms with Crippen molar-refractivity contribution in [1.29, 1.82) is 0 Å². The second kappa shape index (κ2) is 8.17. The minimum atomic E-state index is -0.296. The summed E-state index contributed by atoms with van der Waals surface area (Å²) < 4.78 is 8.71. The van der Waals surface area contributed by atoms with Gasteiger partial charge >= 0.3 is 0 Å². The van der Waals surface area contributed by atoms with Gasteiger partial charge in [0.15, 0.2) is 5.82 Å². The standard InChI is InChI=1S/C20H22N6O3/c1-29-15-6-4-14(5-7-15)16-12-25-13-17(23-18(25)20(28)24-16)19(27)21-8-2-10-26-11-3-9-22-26/h3-7,9,11,13,16H,2,8,10,12H2,1H3,(H,21,27)(H,24,28). The van der Waals surface area contributed by atoms with Crippen LogP contribution < -0.4 is 15.4 Å². The number of aromatic nitrogens is 4. The lowest BCUT2D eigenvalue weighted by Crippen LogP contribution is -2.38. The first-order chi connectivity index (χ1) is 14.1. The summed E-state index contributed by atoms with van der Waals surface area (Å²) in [5.41, 5.74) is 1.20. The first-order valence-electron chi connectivity index (χ1n) is 9.41. The lowest BCUT2D eigenvalue weighted by atomic mass is 10.1. The Morgan fingerprint density at radius 1 is 1.34 bits per heavy atom. The predicted molar refractivity (Wildman–Crippen MR) is 105 cm³/mol. The summed E-state index contributed by atoms with van der Waals surface area (Å²) in [5.74, 6) is 0.415. The second-order valence-corrected chi connectivity index (χ2v) is 6.78. The minimum Gasteiger partial charge on any atom is -0.497 e. The Morgan fingerprint density at radius 2 is 2.17 bits per heavy atom. The van der Waals surface area contributed by atoms with Crippen molar-refractivity contribution in [3.63, 3.8) is 0 Å². The SMILES string of the molecule is COc1ccc(C2Cn3cc(C(=O)NCCCn4cccn4)nc3C(=O)N2)cc1. The lowest BCUT2D eigenvalue weighted by Gasteiger charge is -2.25. The number of imidazole rings is 1. The molecule has 0 spiro atoms. The molecular weight excluding hydrogens is 372 g/mol. The van der Waals surface area contributed by atoms with Crippen LogP contribution in [0.1, 0.15) is 39.1 Å². The summed E-state index contributed by atoms with van der Waals surface area (Å²) in [5, 5.41) is 9.90. The zero-order valence-electron chi connectivity index (χ0n) is 16.0. The van der Waals surface area contributed by atoms with Gasteiger partial charge in [-0.1, -0.05) is 12.1 Å². The molecule has 0 aliphatic carbocycles. The molecule has 2 N–H and O–H groups in total. The molecule has 2 amide bonds. The molecule has 29 heavy (non-hydrogen) atoms. The Hall–Kier alpha value is -3.62. The van der Waals surface area contributed by atoms with Gasteiger partial charge in [0.25, 0.3) is 11.8 Å². The van der Waals surface area contributed by atoms with Gasteiger partial charge in [0, 0.05) is 38.2 Å². The van der Waals surface area contributed by atoms with Crippen LogP contribution in [0.3, 0.4) is 0 Å². The van der Waals surface area contributed by atoms with E-state index in [1.165, 1.54) is 0 Å². The third-order valence-electron chi connectivity index (χ3n) is 4.82. The number of carbonyl (C=O) groups is 2. The van der Waals surface area contributed by atoms with E-state index in [2.05, 4.69) is 20.7 Å². The zero-order chi connectivity index (χ0) is 20.2. The van der Waals surface area contributed by atoms with E-state index >= 15 is 0 Å². The van der Waals surface area contributed by atoms with E-state index in [1.807, 2.05) is 41.2 Å². The third kappa shape index (κ3) is 4.13. The summed E-state index contributed by atoms with van der Waals surface area (Å²) in [4.78, 5) is 29.1. The molecule has 150 valence electrons. The number of benzene rings is 1. The monoisotopic (exact) mass is 394 g/mol. The maximum Gasteiger partial charge on any atom is 0.287 e. The Kier molecular flexibility index (Phi) is 5.28. The molecule has 0 bridgehead atoms. The van der Waals surface area contributed by atoms with Crippen molar-refractivity contribution in [2.24, 2.45) is 0 Å². The molecule has 9 nitrogen and oxygen atoms in total. The molecule has 1 unspecified atom stereocenters. The van der Waals surface area contributed by atoms with Gasteiger partial charge in [-0.2, -0.15) is 5.10 Å². The average Bonchev–Trinajstić information content (AvgIpc) is 3.41. The number of amides is 2. The van der Waals surface area contributed by atoms with Gasteiger partial charge in [-0.3, -0.25) is 14.3 Å². The van der Waals surface area contributed by atoms with Gasteiger partial charge in [0.2, 0.25) is 0 Å². The fraction of sp³-hybridized carbons (Fsp3) is 0.300. The van der Waals surface area contributed by atoms with E-state index in [0.29, 0.717) is 13.1 Å². The van der Waals surface area contributed by atoms with E-state index in [9.17, 15) is 9.59 Å². The van der Waals surface area contributed by atoms with Gasteiger partial charge in [0.05, 0.1) is 13.2 Å². The van der Waals surface area contributed by atoms with Crippen molar-refractivity contribution in [3.8, 4) is 5.75 Å². The molecule has 9 heteroatoms. The van der Waals surface area contributed by atoms with Crippen molar-refractivity contribution in [2.45, 2.75) is 25.6 Å². The van der Waals surface area contributed by atoms with Crippen molar-refractivity contribution >= 4 is 11.8 Å². The minimum absolute atomic E-state index is 0.194. The van der Waals surface area contributed by atoms with Crippen molar-refractivity contribution < 1.29 is 14.3 Å². The van der Waals surface area contributed by atoms with Crippen LogP contribution in [0.15, 0.2) is 48.9 Å². The number of nitrogens with zero attached hydrogens (tertiary/aromatic N) is 4. The van der Waals surface area contributed by atoms with Crippen LogP contribution in [-0.2, 0) is 13.1 Å². The van der Waals surface area contributed by atoms with Crippen molar-refractivity contribution in [2.75, 3.05) is 13.7 Å². The normalized spacial score (nSPS) is 15.5. The number of fused-ring (bicyclic) bond motifs is 1. The highest BCUT2D eigenvalue weighted by atomic mass is 16.5. The molecule has 0 radical (unpaired) electrons. The van der Waals surface area contributed by atoms with Crippen LogP contribution in [0.2, 0.25) is 0 Å². The number of nitrogens with one attached hydrogen (secondary N) is 2. The predicted octanol–water partition coefficient (Wildman–Crippen LogP) is 1.39. The quantitative estimate of drug-likeness (QED) is 0.590. The van der Waals surface area contributed by atoms with Crippen LogP contribution in [0, 0.1) is 0 Å². The van der Waals surface area contributed by atoms with Gasteiger partial charge in [0.1, 0.15) is 11.4 Å². The first kappa shape index (κ1) is 18.7. The molecule has 1 atom stereocenters. The van der Waals surface area contributed by atoms with E-state index < -0.39 is 0 Å². The number of methoxy groups -OCH3 is 1. The molecule has 0 saturated carbocycles. The van der Waals surface area contributed by atoms with Crippen LogP contribution >= 0.6 is 0 Å². The van der Waals surface area contributed by atoms with E-state index in [1.54, 1.807) is 24.1 Å². The van der Waals surface area contributed by atoms with E-state index in [4.69, 9.17) is 4.74 Å². The first-order valence-corrected chi connectivity index (χ1v) is 9.41. The van der Waals surface area contributed by atoms with Crippen LogP contribution in [0.5, 0.6) is 5.75 Å². The van der Waals surface area contributed by atoms with Gasteiger partial charge in [-0.25, -0.2) is 4.98 Å². The van der Waals surface area contributed by atoms with Gasteiger partial charge in [-0.05, 0) is 30.2 Å². The Bertz CT molecular complexity index is 994. The maximum absolute atomic E-state index is 12.5. The molecule has 2 aromatic heterocycles. The highest BCUT2D eigenvalue weighted by Crippen LogP contribution is 2.23. The number of rotatable bonds is 7. The lowest BCUT2D eigenvalue weighted by molar-refractivity contribution is 0.0894. The fourth-order valence-corrected chi connectivity index (χ4v) is 3.30. The number of ether oxygens (including phenoxy) is 1. The van der Waals surface area contributed by atoms with Crippen molar-refractivity contribution in [3.05, 3.63) is 66.0 Å². The number of carbonyl (C=O) groups excluding carboxylic acids is 2. The largest absolute Gasteiger partial charge is 0.497 e. The number of aryl methyl sites for hydroxylation is 1. The van der Waals surface area contributed by atoms with E-state index in [0.717, 1.165) is 24.3 Å². The molecule has 0 saturated heterocycles. The molecule has 1 aromatic carbocycles. The number of hydrogen-bond donors (Lipinski definition) is 2. The van der Waals surface area contributed by atoms with Crippen molar-refractivity contribution in [1.82, 2.24) is 30.0 Å². The smallest absolute Gasteiger partial charge is 0.287 e. The average molecular weight is 394 g/mol.